The summed E-state index contributed by atoms with van der Waals surface area (Å²) in [5, 5.41) is 0. The molecule has 0 saturated carbocycles. The summed E-state index contributed by atoms with van der Waals surface area (Å²) in [6, 6.07) is 0. The summed E-state index contributed by atoms with van der Waals surface area (Å²) < 4.78 is 16.8. The lowest BCUT2D eigenvalue weighted by molar-refractivity contribution is -0.167. The molecule has 0 fully saturated rings. The third-order valence-corrected chi connectivity index (χ3v) is 14.2. The molecule has 1 atom stereocenters. The molecule has 0 heterocycles. The van der Waals surface area contributed by atoms with Crippen molar-refractivity contribution in [3.05, 3.63) is 134 Å². The lowest BCUT2D eigenvalue weighted by atomic mass is 10.0. The quantitative estimate of drug-likeness (QED) is 0.0261. The molecular weight excluding hydrogens is 997 g/mol. The van der Waals surface area contributed by atoms with E-state index in [1.165, 1.54) is 122 Å². The van der Waals surface area contributed by atoms with Gasteiger partial charge in [-0.05, 0) is 116 Å². The summed E-state index contributed by atoms with van der Waals surface area (Å²) >= 11 is 0. The van der Waals surface area contributed by atoms with Crippen molar-refractivity contribution in [2.45, 2.75) is 309 Å². The van der Waals surface area contributed by atoms with Crippen molar-refractivity contribution < 1.29 is 28.6 Å². The molecule has 0 saturated heterocycles. The van der Waals surface area contributed by atoms with E-state index in [0.29, 0.717) is 19.3 Å². The molecule has 1 unspecified atom stereocenters. The van der Waals surface area contributed by atoms with Crippen LogP contribution < -0.4 is 0 Å². The second kappa shape index (κ2) is 68.1. The molecule has 0 aromatic heterocycles. The maximum Gasteiger partial charge on any atom is 0.306 e. The van der Waals surface area contributed by atoms with E-state index < -0.39 is 6.10 Å². The van der Waals surface area contributed by atoms with E-state index in [-0.39, 0.29) is 31.1 Å². The first-order chi connectivity index (χ1) is 40.0. The van der Waals surface area contributed by atoms with E-state index in [1.807, 2.05) is 0 Å². The van der Waals surface area contributed by atoms with Gasteiger partial charge in [0, 0.05) is 19.3 Å². The standard InChI is InChI=1S/C75H124O6/c1-4-7-10-13-15-17-19-21-23-25-27-29-31-33-35-36-37-38-40-41-43-45-47-49-51-53-55-57-59-62-65-68-74(77)80-71-72(70-79-73(76)67-64-61-12-9-6-3)81-75(78)69-66-63-60-58-56-54-52-50-48-46-44-42-39-34-32-30-28-26-24-22-20-18-16-14-11-8-5-2/h7-8,10-11,15-18,21-24,27-30,33-35,39,44,46,72H,4-6,9,12-14,19-20,25-26,31-32,36-38,40-43,45,47-71H2,1-3H3/b10-7-,11-8-,17-15-,18-16-,23-21-,24-22-,29-27-,30-28-,35-33-,39-34-,46-44-. The van der Waals surface area contributed by atoms with Crippen molar-refractivity contribution in [3.8, 4) is 0 Å². The second-order valence-corrected chi connectivity index (χ2v) is 22.0. The summed E-state index contributed by atoms with van der Waals surface area (Å²) in [6.07, 6.45) is 96.6. The van der Waals surface area contributed by atoms with Gasteiger partial charge in [0.25, 0.3) is 0 Å². The number of esters is 3. The number of carbonyl (C=O) groups is 3. The molecule has 0 N–H and O–H groups in total. The summed E-state index contributed by atoms with van der Waals surface area (Å²) in [7, 11) is 0. The van der Waals surface area contributed by atoms with Gasteiger partial charge in [-0.25, -0.2) is 0 Å². The molecule has 6 heteroatoms. The minimum Gasteiger partial charge on any atom is -0.462 e. The summed E-state index contributed by atoms with van der Waals surface area (Å²) in [5.41, 5.74) is 0. The third kappa shape index (κ3) is 66.2. The minimum atomic E-state index is -0.783. The average molecular weight is 1120 g/mol. The molecule has 0 radical (unpaired) electrons. The van der Waals surface area contributed by atoms with Crippen LogP contribution >= 0.6 is 0 Å². The van der Waals surface area contributed by atoms with Crippen LogP contribution in [0.5, 0.6) is 0 Å². The summed E-state index contributed by atoms with van der Waals surface area (Å²) in [5.74, 6) is -0.900. The van der Waals surface area contributed by atoms with Crippen molar-refractivity contribution in [2.24, 2.45) is 0 Å². The Bertz CT molecular complexity index is 1720. The van der Waals surface area contributed by atoms with Gasteiger partial charge >= 0.3 is 17.9 Å². The smallest absolute Gasteiger partial charge is 0.306 e. The first-order valence-electron chi connectivity index (χ1n) is 33.7. The zero-order valence-electron chi connectivity index (χ0n) is 52.8. The minimum absolute atomic E-state index is 0.0825. The SMILES string of the molecule is CC/C=C\C/C=C\C/C=C\C/C=C\C/C=C\C/C=C\CCCCCCCCCCC(=O)OC(COC(=O)CCCCCCC)COC(=O)CCCCCCCCCCCCCCCCC/C=C\C/C=C\C/C=C\C/C=C\C/C=C\CC. The van der Waals surface area contributed by atoms with Gasteiger partial charge in [0.2, 0.25) is 0 Å². The van der Waals surface area contributed by atoms with Gasteiger partial charge in [-0.3, -0.25) is 14.4 Å². The zero-order valence-corrected chi connectivity index (χ0v) is 52.8. The molecule has 0 bridgehead atoms. The molecule has 0 aliphatic rings. The molecule has 0 spiro atoms. The molecule has 0 aromatic rings. The van der Waals surface area contributed by atoms with Crippen LogP contribution in [0.3, 0.4) is 0 Å². The van der Waals surface area contributed by atoms with Gasteiger partial charge in [0.1, 0.15) is 13.2 Å². The van der Waals surface area contributed by atoms with Crippen LogP contribution in [0.1, 0.15) is 303 Å². The summed E-state index contributed by atoms with van der Waals surface area (Å²) in [6.45, 7) is 6.34. The van der Waals surface area contributed by atoms with Crippen LogP contribution in [0.4, 0.5) is 0 Å². The first-order valence-corrected chi connectivity index (χ1v) is 33.7. The number of unbranched alkanes of at least 4 members (excludes halogenated alkanes) is 27. The van der Waals surface area contributed by atoms with E-state index >= 15 is 0 Å². The van der Waals surface area contributed by atoms with Crippen LogP contribution in [0.2, 0.25) is 0 Å². The van der Waals surface area contributed by atoms with Crippen molar-refractivity contribution in [1.82, 2.24) is 0 Å². The maximum atomic E-state index is 12.9. The predicted octanol–water partition coefficient (Wildman–Crippen LogP) is 23.3. The van der Waals surface area contributed by atoms with E-state index in [4.69, 9.17) is 14.2 Å². The van der Waals surface area contributed by atoms with Crippen LogP contribution in [-0.4, -0.2) is 37.2 Å². The molecule has 460 valence electrons. The maximum absolute atomic E-state index is 12.9. The lowest BCUT2D eigenvalue weighted by Gasteiger charge is -2.18. The Kier molecular flexibility index (Phi) is 64.3. The fraction of sp³-hybridized carbons (Fsp3) is 0.667. The molecular formula is C75H124O6. The Morgan fingerprint density at radius 2 is 0.481 bits per heavy atom. The van der Waals surface area contributed by atoms with E-state index in [1.54, 1.807) is 0 Å². The highest BCUT2D eigenvalue weighted by atomic mass is 16.6. The van der Waals surface area contributed by atoms with Crippen LogP contribution in [0, 0.1) is 0 Å². The number of allylic oxidation sites excluding steroid dienone is 22. The highest BCUT2D eigenvalue weighted by Gasteiger charge is 2.19. The number of hydrogen-bond donors (Lipinski definition) is 0. The molecule has 0 aliphatic heterocycles. The van der Waals surface area contributed by atoms with Crippen molar-refractivity contribution in [1.29, 1.82) is 0 Å². The monoisotopic (exact) mass is 1120 g/mol. The average Bonchev–Trinajstić information content (AvgIpc) is 3.47. The number of rotatable bonds is 60. The predicted molar refractivity (Wildman–Crippen MR) is 353 cm³/mol. The number of carbonyl (C=O) groups excluding carboxylic acids is 3. The van der Waals surface area contributed by atoms with Crippen molar-refractivity contribution in [3.63, 3.8) is 0 Å². The van der Waals surface area contributed by atoms with E-state index in [9.17, 15) is 14.4 Å². The zero-order chi connectivity index (χ0) is 58.5. The Balaban J connectivity index is 4.04. The largest absolute Gasteiger partial charge is 0.462 e. The number of hydrogen-bond acceptors (Lipinski definition) is 6. The molecule has 6 nitrogen and oxygen atoms in total. The van der Waals surface area contributed by atoms with Gasteiger partial charge in [0.15, 0.2) is 6.10 Å². The van der Waals surface area contributed by atoms with Gasteiger partial charge in [-0.2, -0.15) is 0 Å². The summed E-state index contributed by atoms with van der Waals surface area (Å²) in [4.78, 5) is 38.0. The van der Waals surface area contributed by atoms with Crippen molar-refractivity contribution in [2.75, 3.05) is 13.2 Å². The Morgan fingerprint density at radius 1 is 0.259 bits per heavy atom. The number of ether oxygens (including phenoxy) is 3. The van der Waals surface area contributed by atoms with E-state index in [0.717, 1.165) is 141 Å². The van der Waals surface area contributed by atoms with Crippen LogP contribution in [0.15, 0.2) is 134 Å². The molecule has 0 aromatic carbocycles. The van der Waals surface area contributed by atoms with Crippen molar-refractivity contribution >= 4 is 17.9 Å². The van der Waals surface area contributed by atoms with Gasteiger partial charge in [-0.15, -0.1) is 0 Å². The first kappa shape index (κ1) is 76.5. The molecule has 0 amide bonds. The third-order valence-electron chi connectivity index (χ3n) is 14.2. The Hall–Kier alpha value is -4.45. The Morgan fingerprint density at radius 3 is 0.753 bits per heavy atom. The highest BCUT2D eigenvalue weighted by molar-refractivity contribution is 5.71. The lowest BCUT2D eigenvalue weighted by Crippen LogP contribution is -2.30. The second-order valence-electron chi connectivity index (χ2n) is 22.0. The normalized spacial score (nSPS) is 13.0. The van der Waals surface area contributed by atoms with Gasteiger partial charge < -0.3 is 14.2 Å². The Labute approximate surface area is 500 Å². The topological polar surface area (TPSA) is 78.9 Å². The van der Waals surface area contributed by atoms with Crippen LogP contribution in [0.25, 0.3) is 0 Å². The molecule has 81 heavy (non-hydrogen) atoms. The van der Waals surface area contributed by atoms with Gasteiger partial charge in [-0.1, -0.05) is 302 Å². The fourth-order valence-electron chi connectivity index (χ4n) is 9.18. The van der Waals surface area contributed by atoms with E-state index in [2.05, 4.69) is 154 Å². The molecule has 0 rings (SSSR count). The van der Waals surface area contributed by atoms with Crippen LogP contribution in [-0.2, 0) is 28.6 Å². The highest BCUT2D eigenvalue weighted by Crippen LogP contribution is 2.16. The fourth-order valence-corrected chi connectivity index (χ4v) is 9.18. The van der Waals surface area contributed by atoms with Gasteiger partial charge in [0.05, 0.1) is 0 Å². The molecule has 0 aliphatic carbocycles.